The van der Waals surface area contributed by atoms with Crippen molar-refractivity contribution in [3.63, 3.8) is 0 Å². The van der Waals surface area contributed by atoms with E-state index in [1.165, 1.54) is 64.8 Å². The maximum atomic E-state index is 9.28. The van der Waals surface area contributed by atoms with Crippen molar-refractivity contribution in [2.45, 2.75) is 58.3 Å². The monoisotopic (exact) mass is 662 g/mol. The fourth-order valence-corrected chi connectivity index (χ4v) is 8.36. The van der Waals surface area contributed by atoms with Crippen molar-refractivity contribution in [1.29, 1.82) is 5.26 Å². The van der Waals surface area contributed by atoms with Crippen molar-refractivity contribution < 1.29 is 0 Å². The van der Waals surface area contributed by atoms with Gasteiger partial charge >= 0.3 is 0 Å². The van der Waals surface area contributed by atoms with E-state index in [0.29, 0.717) is 23.0 Å². The molecule has 0 aliphatic heterocycles. The summed E-state index contributed by atoms with van der Waals surface area (Å²) in [6, 6.07) is 46.7. The van der Waals surface area contributed by atoms with Gasteiger partial charge in [-0.2, -0.15) is 5.26 Å². The number of fused-ring (bicyclic) bond motifs is 3. The average molecular weight is 663 g/mol. The van der Waals surface area contributed by atoms with E-state index in [1.54, 1.807) is 12.1 Å². The highest BCUT2D eigenvalue weighted by Crippen LogP contribution is 2.46. The van der Waals surface area contributed by atoms with Gasteiger partial charge in [-0.1, -0.05) is 131 Å². The Morgan fingerprint density at radius 2 is 1.06 bits per heavy atom. The Morgan fingerprint density at radius 1 is 0.569 bits per heavy atom. The van der Waals surface area contributed by atoms with Crippen LogP contribution in [-0.2, 0) is 5.41 Å². The van der Waals surface area contributed by atoms with E-state index in [9.17, 15) is 5.26 Å². The van der Waals surface area contributed by atoms with Gasteiger partial charge in [-0.05, 0) is 105 Å². The number of nitriles is 1. The zero-order chi connectivity index (χ0) is 35.0. The van der Waals surface area contributed by atoms with Gasteiger partial charge in [0, 0.05) is 16.7 Å². The minimum absolute atomic E-state index is 0.268. The van der Waals surface area contributed by atoms with Gasteiger partial charge in [-0.15, -0.1) is 0 Å². The fourth-order valence-electron chi connectivity index (χ4n) is 8.36. The number of aromatic nitrogens is 3. The zero-order valence-electron chi connectivity index (χ0n) is 29.6. The summed E-state index contributed by atoms with van der Waals surface area (Å²) in [6.07, 6.45) is 6.46. The number of nitrogens with zero attached hydrogens (tertiary/aromatic N) is 4. The third kappa shape index (κ3) is 6.41. The van der Waals surface area contributed by atoms with Crippen LogP contribution in [0.5, 0.6) is 0 Å². The van der Waals surface area contributed by atoms with Crippen molar-refractivity contribution in [2.24, 2.45) is 11.8 Å². The second kappa shape index (κ2) is 13.6. The Bertz CT molecular complexity index is 2380. The molecular weight excluding hydrogens is 621 g/mol. The lowest BCUT2D eigenvalue weighted by molar-refractivity contribution is 0.295. The largest absolute Gasteiger partial charge is 0.208 e. The van der Waals surface area contributed by atoms with Crippen LogP contribution in [0, 0.1) is 23.2 Å². The third-order valence-electron chi connectivity index (χ3n) is 11.2. The Hall–Kier alpha value is -5.66. The second-order valence-electron chi connectivity index (χ2n) is 14.7. The number of hydrogen-bond donors (Lipinski definition) is 0. The molecule has 1 fully saturated rings. The molecule has 6 aromatic carbocycles. The van der Waals surface area contributed by atoms with Crippen LogP contribution >= 0.6 is 0 Å². The van der Waals surface area contributed by atoms with Gasteiger partial charge in [-0.3, -0.25) is 0 Å². The smallest absolute Gasteiger partial charge is 0.164 e. The molecule has 0 saturated heterocycles. The minimum Gasteiger partial charge on any atom is -0.208 e. The number of rotatable bonds is 6. The molecule has 7 aromatic rings. The quantitative estimate of drug-likeness (QED) is 0.131. The third-order valence-corrected chi connectivity index (χ3v) is 11.2. The first kappa shape index (κ1) is 32.5. The van der Waals surface area contributed by atoms with Gasteiger partial charge in [0.1, 0.15) is 0 Å². The SMILES string of the molecule is CCC1(c2ccc3c(ccc4cc(-c5ccc(-c6nc(-c7ccccc7)nc(-c7ccc(C#N)cc7)n6)cc5)ccc43)c2)C[C@H](C)CC[C@H](C)C1. The minimum atomic E-state index is 0.268. The van der Waals surface area contributed by atoms with Crippen molar-refractivity contribution in [1.82, 2.24) is 15.0 Å². The second-order valence-corrected chi connectivity index (χ2v) is 14.7. The summed E-state index contributed by atoms with van der Waals surface area (Å²) in [5, 5.41) is 14.5. The Labute approximate surface area is 300 Å². The summed E-state index contributed by atoms with van der Waals surface area (Å²) in [7, 11) is 0. The van der Waals surface area contributed by atoms with E-state index in [-0.39, 0.29) is 5.41 Å². The standard InChI is InChI=1S/C47H42N4/c1-4-47(28-31(2)10-11-32(3)29-47)41-23-25-43-40(27-41)21-20-39-26-38(22-24-42(39)43)34-16-18-37(19-17-34)46-50-44(35-8-6-5-7-9-35)49-45(51-46)36-14-12-33(30-48)13-15-36/h5-9,12-27,31-32H,4,10-11,28-29H2,1-3H3/t31-,32+,47?. The van der Waals surface area contributed by atoms with Crippen LogP contribution in [0.2, 0.25) is 0 Å². The summed E-state index contributed by atoms with van der Waals surface area (Å²) in [4.78, 5) is 14.6. The van der Waals surface area contributed by atoms with Crippen LogP contribution in [0.15, 0.2) is 127 Å². The van der Waals surface area contributed by atoms with Gasteiger partial charge in [0.15, 0.2) is 17.5 Å². The molecule has 4 heteroatoms. The van der Waals surface area contributed by atoms with Gasteiger partial charge in [-0.25, -0.2) is 15.0 Å². The molecule has 4 nitrogen and oxygen atoms in total. The van der Waals surface area contributed by atoms with Crippen LogP contribution in [0.1, 0.15) is 64.0 Å². The van der Waals surface area contributed by atoms with E-state index >= 15 is 0 Å². The highest BCUT2D eigenvalue weighted by atomic mass is 15.0. The van der Waals surface area contributed by atoms with E-state index in [0.717, 1.165) is 34.1 Å². The number of benzene rings is 6. The predicted octanol–water partition coefficient (Wildman–Crippen LogP) is 12.2. The molecular formula is C47H42N4. The molecule has 0 radical (unpaired) electrons. The summed E-state index contributed by atoms with van der Waals surface area (Å²) in [6.45, 7) is 7.29. The first-order valence-electron chi connectivity index (χ1n) is 18.3. The molecule has 8 rings (SSSR count). The van der Waals surface area contributed by atoms with Crippen LogP contribution < -0.4 is 0 Å². The average Bonchev–Trinajstić information content (AvgIpc) is 3.35. The molecule has 0 spiro atoms. The molecule has 3 atom stereocenters. The zero-order valence-corrected chi connectivity index (χ0v) is 29.6. The molecule has 1 aliphatic rings. The molecule has 1 unspecified atom stereocenters. The van der Waals surface area contributed by atoms with E-state index in [2.05, 4.69) is 99.6 Å². The molecule has 0 bridgehead atoms. The molecule has 0 amide bonds. The predicted molar refractivity (Wildman–Crippen MR) is 210 cm³/mol. The van der Waals surface area contributed by atoms with Crippen molar-refractivity contribution in [3.05, 3.63) is 139 Å². The van der Waals surface area contributed by atoms with Gasteiger partial charge in [0.05, 0.1) is 11.6 Å². The van der Waals surface area contributed by atoms with Crippen LogP contribution in [0.3, 0.4) is 0 Å². The van der Waals surface area contributed by atoms with E-state index in [1.807, 2.05) is 42.5 Å². The van der Waals surface area contributed by atoms with Gasteiger partial charge in [0.2, 0.25) is 0 Å². The molecule has 1 heterocycles. The number of hydrogen-bond acceptors (Lipinski definition) is 4. The van der Waals surface area contributed by atoms with E-state index in [4.69, 9.17) is 15.0 Å². The maximum absolute atomic E-state index is 9.28. The Morgan fingerprint density at radius 3 is 1.63 bits per heavy atom. The Balaban J connectivity index is 1.11. The van der Waals surface area contributed by atoms with Crippen molar-refractivity contribution in [3.8, 4) is 51.4 Å². The normalized spacial score (nSPS) is 19.1. The summed E-state index contributed by atoms with van der Waals surface area (Å²) in [5.74, 6) is 3.33. The summed E-state index contributed by atoms with van der Waals surface area (Å²) >= 11 is 0. The Kier molecular flexibility index (Phi) is 8.66. The molecule has 250 valence electrons. The highest BCUT2D eigenvalue weighted by Gasteiger charge is 2.36. The van der Waals surface area contributed by atoms with E-state index < -0.39 is 0 Å². The molecule has 51 heavy (non-hydrogen) atoms. The molecule has 1 saturated carbocycles. The van der Waals surface area contributed by atoms with Gasteiger partial charge in [0.25, 0.3) is 0 Å². The summed E-state index contributed by atoms with van der Waals surface area (Å²) < 4.78 is 0. The van der Waals surface area contributed by atoms with Crippen molar-refractivity contribution in [2.75, 3.05) is 0 Å². The van der Waals surface area contributed by atoms with Gasteiger partial charge < -0.3 is 0 Å². The summed E-state index contributed by atoms with van der Waals surface area (Å²) in [5.41, 5.74) is 7.38. The lowest BCUT2D eigenvalue weighted by Crippen LogP contribution is -2.28. The highest BCUT2D eigenvalue weighted by molar-refractivity contribution is 6.08. The van der Waals surface area contributed by atoms with Crippen LogP contribution in [0.25, 0.3) is 66.8 Å². The molecule has 1 aromatic heterocycles. The lowest BCUT2D eigenvalue weighted by Gasteiger charge is -2.36. The first-order chi connectivity index (χ1) is 24.9. The van der Waals surface area contributed by atoms with Crippen LogP contribution in [-0.4, -0.2) is 15.0 Å². The molecule has 1 aliphatic carbocycles. The maximum Gasteiger partial charge on any atom is 0.164 e. The van der Waals surface area contributed by atoms with Crippen molar-refractivity contribution >= 4 is 21.5 Å². The topological polar surface area (TPSA) is 62.5 Å². The first-order valence-corrected chi connectivity index (χ1v) is 18.3. The lowest BCUT2D eigenvalue weighted by atomic mass is 9.69. The molecule has 0 N–H and O–H groups in total. The fraction of sp³-hybridized carbons (Fsp3) is 0.234. The van der Waals surface area contributed by atoms with Crippen LogP contribution in [0.4, 0.5) is 0 Å².